The Balaban J connectivity index is 2.54. The highest BCUT2D eigenvalue weighted by Crippen LogP contribution is 2.40. The summed E-state index contributed by atoms with van der Waals surface area (Å²) < 4.78 is 33.9. The Labute approximate surface area is 223 Å². The summed E-state index contributed by atoms with van der Waals surface area (Å²) in [5.74, 6) is 0. The van der Waals surface area contributed by atoms with E-state index in [1.807, 2.05) is 0 Å². The van der Waals surface area contributed by atoms with Crippen LogP contribution in [0.15, 0.2) is 29.2 Å². The Morgan fingerprint density at radius 3 is 1.57 bits per heavy atom. The van der Waals surface area contributed by atoms with Crippen LogP contribution in [0.2, 0.25) is 78.6 Å². The lowest BCUT2D eigenvalue weighted by Crippen LogP contribution is -2.65. The zero-order chi connectivity index (χ0) is 26.8. The third-order valence-electron chi connectivity index (χ3n) is 5.01. The molecule has 1 aromatic carbocycles. The molecule has 0 saturated carbocycles. The van der Waals surface area contributed by atoms with Crippen LogP contribution in [0.3, 0.4) is 0 Å². The maximum Gasteiger partial charge on any atom is 0.184 e. The Bertz CT molecular complexity index is 797. The summed E-state index contributed by atoms with van der Waals surface area (Å²) in [6.07, 6.45) is -0.851. The molecule has 0 spiro atoms. The van der Waals surface area contributed by atoms with E-state index >= 15 is 0 Å². The summed E-state index contributed by atoms with van der Waals surface area (Å²) in [5, 5.41) is 0. The van der Waals surface area contributed by atoms with E-state index in [0.717, 1.165) is 0 Å². The largest absolute Gasteiger partial charge is 0.415 e. The molecule has 10 heteroatoms. The summed E-state index contributed by atoms with van der Waals surface area (Å²) in [4.78, 5) is 1.17. The topological polar surface area (TPSA) is 46.2 Å². The molecule has 0 unspecified atom stereocenters. The molecule has 5 atom stereocenters. The predicted octanol–water partition coefficient (Wildman–Crippen LogP) is 7.32. The zero-order valence-corrected chi connectivity index (χ0v) is 29.2. The van der Waals surface area contributed by atoms with Crippen LogP contribution in [-0.2, 0) is 22.4 Å². The number of rotatable bonds is 11. The smallest absolute Gasteiger partial charge is 0.184 e. The highest BCUT2D eigenvalue weighted by molar-refractivity contribution is 7.99. The Morgan fingerprint density at radius 2 is 1.11 bits per heavy atom. The van der Waals surface area contributed by atoms with E-state index < -0.39 is 33.3 Å². The number of aryl methyl sites for hydroxylation is 1. The van der Waals surface area contributed by atoms with E-state index in [-0.39, 0.29) is 29.9 Å². The molecule has 0 aliphatic carbocycles. The van der Waals surface area contributed by atoms with Crippen molar-refractivity contribution < 1.29 is 22.4 Å². The van der Waals surface area contributed by atoms with Crippen molar-refractivity contribution in [2.24, 2.45) is 0 Å². The first kappa shape index (κ1) is 31.5. The maximum atomic E-state index is 6.94. The fourth-order valence-corrected chi connectivity index (χ4v) is 8.95. The lowest BCUT2D eigenvalue weighted by Gasteiger charge is -2.51. The first-order chi connectivity index (χ1) is 15.7. The molecule has 1 saturated heterocycles. The third kappa shape index (κ3) is 11.7. The van der Waals surface area contributed by atoms with E-state index in [9.17, 15) is 0 Å². The van der Waals surface area contributed by atoms with Crippen molar-refractivity contribution in [1.82, 2.24) is 0 Å². The maximum absolute atomic E-state index is 6.94. The molecule has 35 heavy (non-hydrogen) atoms. The van der Waals surface area contributed by atoms with Crippen LogP contribution in [0, 0.1) is 6.92 Å². The second-order valence-electron chi connectivity index (χ2n) is 13.5. The Morgan fingerprint density at radius 1 is 0.657 bits per heavy atom. The van der Waals surface area contributed by atoms with E-state index in [1.54, 1.807) is 11.8 Å². The molecule has 1 heterocycles. The van der Waals surface area contributed by atoms with Crippen LogP contribution in [0.4, 0.5) is 0 Å². The Kier molecular flexibility index (Phi) is 10.7. The minimum atomic E-state index is -1.92. The number of thioether (sulfide) groups is 1. The van der Waals surface area contributed by atoms with Crippen molar-refractivity contribution in [2.75, 3.05) is 6.61 Å². The van der Waals surface area contributed by atoms with Crippen molar-refractivity contribution in [3.05, 3.63) is 29.8 Å². The highest BCUT2D eigenvalue weighted by Gasteiger charge is 2.51. The highest BCUT2D eigenvalue weighted by atomic mass is 32.2. The van der Waals surface area contributed by atoms with E-state index in [4.69, 9.17) is 22.4 Å². The van der Waals surface area contributed by atoms with Crippen molar-refractivity contribution in [2.45, 2.75) is 120 Å². The zero-order valence-electron chi connectivity index (χ0n) is 24.4. The lowest BCUT2D eigenvalue weighted by molar-refractivity contribution is -0.189. The molecule has 1 aliphatic heterocycles. The predicted molar refractivity (Wildman–Crippen MR) is 160 cm³/mol. The number of hydrogen-bond acceptors (Lipinski definition) is 6. The molecule has 202 valence electrons. The average Bonchev–Trinajstić information content (AvgIpc) is 2.63. The van der Waals surface area contributed by atoms with Crippen molar-refractivity contribution >= 4 is 45.0 Å². The summed E-state index contributed by atoms with van der Waals surface area (Å²) in [6, 6.07) is 8.64. The van der Waals surface area contributed by atoms with E-state index in [2.05, 4.69) is 110 Å². The van der Waals surface area contributed by atoms with Gasteiger partial charge in [0.1, 0.15) is 29.9 Å². The van der Waals surface area contributed by atoms with Crippen LogP contribution in [0.25, 0.3) is 0 Å². The van der Waals surface area contributed by atoms with Gasteiger partial charge in [0.2, 0.25) is 0 Å². The molecule has 0 aromatic heterocycles. The molecular weight excluding hydrogens is 525 g/mol. The lowest BCUT2D eigenvalue weighted by atomic mass is 10.0. The molecule has 1 aromatic rings. The van der Waals surface area contributed by atoms with Gasteiger partial charge in [-0.3, -0.25) is 0 Å². The summed E-state index contributed by atoms with van der Waals surface area (Å²) in [5.41, 5.74) is 1.04. The van der Waals surface area contributed by atoms with Gasteiger partial charge in [0.15, 0.2) is 33.3 Å². The van der Waals surface area contributed by atoms with Gasteiger partial charge in [-0.25, -0.2) is 0 Å². The minimum Gasteiger partial charge on any atom is -0.415 e. The monoisotopic (exact) mass is 574 g/mol. The van der Waals surface area contributed by atoms with Crippen LogP contribution < -0.4 is 0 Å². The third-order valence-corrected chi connectivity index (χ3v) is 10.1. The summed E-state index contributed by atoms with van der Waals surface area (Å²) >= 11 is 1.73. The first-order valence-corrected chi connectivity index (χ1v) is 27.3. The van der Waals surface area contributed by atoms with Crippen LogP contribution in [-0.4, -0.2) is 69.7 Å². The summed E-state index contributed by atoms with van der Waals surface area (Å²) in [6.45, 7) is 29.4. The van der Waals surface area contributed by atoms with Gasteiger partial charge in [-0.15, -0.1) is 0 Å². The van der Waals surface area contributed by atoms with Gasteiger partial charge < -0.3 is 22.4 Å². The van der Waals surface area contributed by atoms with E-state index in [0.29, 0.717) is 6.61 Å². The van der Waals surface area contributed by atoms with Gasteiger partial charge in [-0.1, -0.05) is 29.5 Å². The second-order valence-corrected chi connectivity index (χ2v) is 32.5. The van der Waals surface area contributed by atoms with Gasteiger partial charge in [0.05, 0.1) is 6.61 Å². The average molecular weight is 575 g/mol. The quantitative estimate of drug-likeness (QED) is 0.258. The van der Waals surface area contributed by atoms with Gasteiger partial charge in [0.25, 0.3) is 0 Å². The van der Waals surface area contributed by atoms with Gasteiger partial charge in [-0.2, -0.15) is 0 Å². The summed E-state index contributed by atoms with van der Waals surface area (Å²) in [7, 11) is -7.49. The van der Waals surface area contributed by atoms with Crippen molar-refractivity contribution in [3.63, 3.8) is 0 Å². The molecule has 0 amide bonds. The van der Waals surface area contributed by atoms with Gasteiger partial charge in [-0.05, 0) is 97.6 Å². The number of hydrogen-bond donors (Lipinski definition) is 0. The van der Waals surface area contributed by atoms with Crippen LogP contribution >= 0.6 is 11.8 Å². The fourth-order valence-electron chi connectivity index (χ4n) is 3.82. The molecule has 1 fully saturated rings. The molecule has 5 nitrogen and oxygen atoms in total. The van der Waals surface area contributed by atoms with Gasteiger partial charge in [0, 0.05) is 4.90 Å². The standard InChI is InChI=1S/C25H50O5SSi4/c1-19-14-16-20(17-15-19)31-25-24(30-35(11,12)13)23(29-34(8,9)10)22(28-33(5,6)7)21(27-25)18-26-32(2,3)4/h14-17,21-25H,18H2,1-13H3/t21-,22-,23+,24+,25-/m1/s1. The number of benzene rings is 1. The Hall–Kier alpha value is 0.238. The molecule has 0 bridgehead atoms. The van der Waals surface area contributed by atoms with E-state index in [1.165, 1.54) is 10.5 Å². The molecule has 0 radical (unpaired) electrons. The SMILES string of the molecule is Cc1ccc(S[C@H]2O[C@H](CO[Si](C)(C)C)[C@@H](O[Si](C)(C)C)[C@H](O[Si](C)(C)C)[C@@H]2O[Si](C)(C)C)cc1. The molecule has 2 rings (SSSR count). The first-order valence-electron chi connectivity index (χ1n) is 12.8. The van der Waals surface area contributed by atoms with Crippen LogP contribution in [0.5, 0.6) is 0 Å². The minimum absolute atomic E-state index is 0.202. The molecular formula is C25H50O5SSi4. The normalized spacial score (nSPS) is 26.7. The second kappa shape index (κ2) is 12.0. The van der Waals surface area contributed by atoms with Crippen molar-refractivity contribution in [3.8, 4) is 0 Å². The van der Waals surface area contributed by atoms with Crippen LogP contribution in [0.1, 0.15) is 5.56 Å². The molecule has 0 N–H and O–H groups in total. The van der Waals surface area contributed by atoms with Gasteiger partial charge >= 0.3 is 0 Å². The van der Waals surface area contributed by atoms with Crippen molar-refractivity contribution in [1.29, 1.82) is 0 Å². The number of ether oxygens (including phenoxy) is 1. The molecule has 1 aliphatic rings. The fraction of sp³-hybridized carbons (Fsp3) is 0.760.